The second-order valence-corrected chi connectivity index (χ2v) is 11.4. The molecular weight excluding hydrogens is 582 g/mol. The molecule has 1 aromatic heterocycles. The SMILES string of the molecule is Cc1cc(CNCCC(C)c2sc(-c3ccc(C(F)(F)F)cc3)nc2C(C)C)ccc1CCC(=O)OC(=O)C(F)(F)F. The Labute approximate surface area is 244 Å². The number of halogens is 6. The lowest BCUT2D eigenvalue weighted by atomic mass is 9.99. The van der Waals surface area contributed by atoms with Crippen LogP contribution in [0.15, 0.2) is 42.5 Å². The van der Waals surface area contributed by atoms with Crippen LogP contribution in [0.5, 0.6) is 0 Å². The van der Waals surface area contributed by atoms with Gasteiger partial charge in [-0.15, -0.1) is 11.3 Å². The van der Waals surface area contributed by atoms with E-state index < -0.39 is 29.9 Å². The zero-order chi connectivity index (χ0) is 31.2. The van der Waals surface area contributed by atoms with Gasteiger partial charge in [0.2, 0.25) is 0 Å². The molecule has 0 fully saturated rings. The minimum Gasteiger partial charge on any atom is -0.386 e. The largest absolute Gasteiger partial charge is 0.491 e. The molecule has 0 aliphatic rings. The molecule has 0 bridgehead atoms. The molecule has 42 heavy (non-hydrogen) atoms. The average Bonchev–Trinajstić information content (AvgIpc) is 3.36. The maximum Gasteiger partial charge on any atom is 0.491 e. The molecule has 1 unspecified atom stereocenters. The minimum absolute atomic E-state index is 0.141. The van der Waals surface area contributed by atoms with Gasteiger partial charge >= 0.3 is 24.3 Å². The third-order valence-corrected chi connectivity index (χ3v) is 8.01. The van der Waals surface area contributed by atoms with Crippen molar-refractivity contribution in [2.24, 2.45) is 0 Å². The molecule has 0 amide bonds. The van der Waals surface area contributed by atoms with Gasteiger partial charge in [0.05, 0.1) is 17.7 Å². The summed E-state index contributed by atoms with van der Waals surface area (Å²) in [7, 11) is 0. The van der Waals surface area contributed by atoms with E-state index in [4.69, 9.17) is 4.98 Å². The minimum atomic E-state index is -5.21. The van der Waals surface area contributed by atoms with Gasteiger partial charge in [-0.3, -0.25) is 4.79 Å². The molecule has 1 atom stereocenters. The van der Waals surface area contributed by atoms with Gasteiger partial charge in [-0.1, -0.05) is 51.1 Å². The summed E-state index contributed by atoms with van der Waals surface area (Å²) in [5, 5.41) is 4.09. The number of hydrogen-bond acceptors (Lipinski definition) is 6. The number of ether oxygens (including phenoxy) is 1. The normalized spacial score (nSPS) is 12.9. The molecule has 3 aromatic rings. The predicted octanol–water partition coefficient (Wildman–Crippen LogP) is 8.11. The van der Waals surface area contributed by atoms with Gasteiger partial charge in [-0.05, 0) is 67.0 Å². The van der Waals surface area contributed by atoms with Crippen LogP contribution in [-0.4, -0.2) is 29.6 Å². The Morgan fingerprint density at radius 1 is 1.00 bits per heavy atom. The van der Waals surface area contributed by atoms with Gasteiger partial charge in [0.15, 0.2) is 0 Å². The van der Waals surface area contributed by atoms with Crippen LogP contribution in [0.25, 0.3) is 10.6 Å². The molecular formula is C30H32F6N2O3S. The maximum atomic E-state index is 12.9. The first-order valence-electron chi connectivity index (χ1n) is 13.4. The Morgan fingerprint density at radius 3 is 2.24 bits per heavy atom. The van der Waals surface area contributed by atoms with Crippen LogP contribution in [0.2, 0.25) is 0 Å². The summed E-state index contributed by atoms with van der Waals surface area (Å²) in [6.07, 6.45) is -9.01. The second-order valence-electron chi connectivity index (χ2n) is 10.4. The van der Waals surface area contributed by atoms with Crippen LogP contribution < -0.4 is 5.32 Å². The third kappa shape index (κ3) is 9.12. The van der Waals surface area contributed by atoms with Crippen molar-refractivity contribution in [3.05, 3.63) is 75.3 Å². The number of alkyl halides is 6. The molecule has 0 saturated heterocycles. The number of thiazole rings is 1. The molecule has 2 aromatic carbocycles. The molecule has 3 rings (SSSR count). The quantitative estimate of drug-likeness (QED) is 0.102. The summed E-state index contributed by atoms with van der Waals surface area (Å²) in [6.45, 7) is 9.29. The summed E-state index contributed by atoms with van der Waals surface area (Å²) in [6, 6.07) is 10.6. The molecule has 1 heterocycles. The lowest BCUT2D eigenvalue weighted by Crippen LogP contribution is -2.28. The van der Waals surface area contributed by atoms with E-state index in [0.717, 1.165) is 45.8 Å². The topological polar surface area (TPSA) is 68.3 Å². The number of nitrogens with one attached hydrogen (secondary N) is 1. The molecule has 0 radical (unpaired) electrons. The fraction of sp³-hybridized carbons (Fsp3) is 0.433. The van der Waals surface area contributed by atoms with Gasteiger partial charge in [0.25, 0.3) is 0 Å². The molecule has 0 aliphatic carbocycles. The van der Waals surface area contributed by atoms with E-state index in [9.17, 15) is 35.9 Å². The second kappa shape index (κ2) is 13.8. The van der Waals surface area contributed by atoms with Crippen LogP contribution in [0.4, 0.5) is 26.3 Å². The van der Waals surface area contributed by atoms with Crippen LogP contribution in [0, 0.1) is 6.92 Å². The molecule has 0 spiro atoms. The van der Waals surface area contributed by atoms with Crippen molar-refractivity contribution in [1.29, 1.82) is 0 Å². The van der Waals surface area contributed by atoms with E-state index >= 15 is 0 Å². The monoisotopic (exact) mass is 614 g/mol. The van der Waals surface area contributed by atoms with E-state index in [1.165, 1.54) is 23.5 Å². The lowest BCUT2D eigenvalue weighted by molar-refractivity contribution is -0.201. The first-order valence-corrected chi connectivity index (χ1v) is 14.2. The summed E-state index contributed by atoms with van der Waals surface area (Å²) >= 11 is 1.50. The van der Waals surface area contributed by atoms with Gasteiger partial charge in [0.1, 0.15) is 5.01 Å². The smallest absolute Gasteiger partial charge is 0.386 e. The van der Waals surface area contributed by atoms with Crippen molar-refractivity contribution in [1.82, 2.24) is 10.3 Å². The number of aryl methyl sites for hydroxylation is 2. The molecule has 0 aliphatic heterocycles. The molecule has 1 N–H and O–H groups in total. The van der Waals surface area contributed by atoms with Crippen molar-refractivity contribution in [2.75, 3.05) is 6.54 Å². The van der Waals surface area contributed by atoms with Gasteiger partial charge < -0.3 is 10.1 Å². The van der Waals surface area contributed by atoms with Crippen molar-refractivity contribution in [3.8, 4) is 10.6 Å². The fourth-order valence-electron chi connectivity index (χ4n) is 4.32. The van der Waals surface area contributed by atoms with Crippen LogP contribution in [0.1, 0.15) is 78.3 Å². The zero-order valence-corrected chi connectivity index (χ0v) is 24.4. The number of benzene rings is 2. The van der Waals surface area contributed by atoms with E-state index in [2.05, 4.69) is 17.0 Å². The van der Waals surface area contributed by atoms with E-state index in [1.54, 1.807) is 6.07 Å². The van der Waals surface area contributed by atoms with Crippen molar-refractivity contribution >= 4 is 23.3 Å². The Bertz CT molecular complexity index is 1380. The van der Waals surface area contributed by atoms with Crippen molar-refractivity contribution < 1.29 is 40.7 Å². The molecule has 228 valence electrons. The summed E-state index contributed by atoms with van der Waals surface area (Å²) in [5.41, 5.74) is 3.51. The molecule has 12 heteroatoms. The van der Waals surface area contributed by atoms with Gasteiger partial charge in [-0.2, -0.15) is 26.3 Å². The van der Waals surface area contributed by atoms with Crippen LogP contribution >= 0.6 is 11.3 Å². The number of carbonyl (C=O) groups is 2. The molecule has 0 saturated carbocycles. The maximum absolute atomic E-state index is 12.9. The lowest BCUT2D eigenvalue weighted by Gasteiger charge is -2.14. The number of aromatic nitrogens is 1. The number of nitrogens with zero attached hydrogens (tertiary/aromatic N) is 1. The summed E-state index contributed by atoms with van der Waals surface area (Å²) < 4.78 is 79.4. The van der Waals surface area contributed by atoms with E-state index in [0.29, 0.717) is 23.7 Å². The van der Waals surface area contributed by atoms with Crippen molar-refractivity contribution in [3.63, 3.8) is 0 Å². The highest BCUT2D eigenvalue weighted by Gasteiger charge is 2.42. The summed E-state index contributed by atoms with van der Waals surface area (Å²) in [4.78, 5) is 28.2. The Kier molecular flexibility index (Phi) is 10.9. The highest BCUT2D eigenvalue weighted by molar-refractivity contribution is 7.15. The highest BCUT2D eigenvalue weighted by Crippen LogP contribution is 2.38. The van der Waals surface area contributed by atoms with Gasteiger partial charge in [0, 0.05) is 17.0 Å². The Morgan fingerprint density at radius 2 is 1.67 bits per heavy atom. The summed E-state index contributed by atoms with van der Waals surface area (Å²) in [5.74, 6) is -3.42. The number of rotatable bonds is 11. The fourth-order valence-corrected chi connectivity index (χ4v) is 5.63. The first kappa shape index (κ1) is 33.3. The number of esters is 2. The Hall–Kier alpha value is -3.25. The predicted molar refractivity (Wildman–Crippen MR) is 148 cm³/mol. The number of carbonyl (C=O) groups excluding carboxylic acids is 2. The van der Waals surface area contributed by atoms with E-state index in [-0.39, 0.29) is 24.7 Å². The first-order chi connectivity index (χ1) is 19.6. The highest BCUT2D eigenvalue weighted by atomic mass is 32.1. The van der Waals surface area contributed by atoms with Crippen molar-refractivity contribution in [2.45, 2.75) is 77.7 Å². The number of hydrogen-bond donors (Lipinski definition) is 1. The van der Waals surface area contributed by atoms with Crippen LogP contribution in [0.3, 0.4) is 0 Å². The standard InChI is InChI=1S/C30H32F6N2O3S/c1-17(2)25-26(42-27(38-25)22-7-10-23(11-8-22)29(31,32)33)18(3)13-14-37-16-20-5-6-21(19(4)15-20)9-12-24(39)41-28(40)30(34,35)36/h5-8,10-11,15,17-18,37H,9,12-14,16H2,1-4H3. The average molecular weight is 615 g/mol. The van der Waals surface area contributed by atoms with Gasteiger partial charge in [-0.25, -0.2) is 9.78 Å². The van der Waals surface area contributed by atoms with Crippen LogP contribution in [-0.2, 0) is 33.5 Å². The Balaban J connectivity index is 1.53. The molecule has 5 nitrogen and oxygen atoms in total. The zero-order valence-electron chi connectivity index (χ0n) is 23.6. The van der Waals surface area contributed by atoms with E-state index in [1.807, 2.05) is 32.9 Å². The third-order valence-electron chi connectivity index (χ3n) is 6.66.